The Bertz CT molecular complexity index is 894. The molecule has 0 aliphatic carbocycles. The van der Waals surface area contributed by atoms with E-state index >= 15 is 0 Å². The van der Waals surface area contributed by atoms with Gasteiger partial charge < -0.3 is 5.32 Å². The van der Waals surface area contributed by atoms with Crippen LogP contribution in [0.25, 0.3) is 0 Å². The fourth-order valence-electron chi connectivity index (χ4n) is 2.70. The second-order valence-electron chi connectivity index (χ2n) is 6.72. The maximum atomic E-state index is 12.2. The summed E-state index contributed by atoms with van der Waals surface area (Å²) in [4.78, 5) is 23.3. The quantitative estimate of drug-likeness (QED) is 0.598. The van der Waals surface area contributed by atoms with Crippen molar-refractivity contribution in [3.05, 3.63) is 65.7 Å². The van der Waals surface area contributed by atoms with Gasteiger partial charge >= 0.3 is 0 Å². The smallest absolute Gasteiger partial charge is 0.240 e. The lowest BCUT2D eigenvalue weighted by atomic mass is 10.1. The minimum absolute atomic E-state index is 0.00318. The number of aryl methyl sites for hydroxylation is 1. The van der Waals surface area contributed by atoms with Crippen LogP contribution in [0, 0.1) is 0 Å². The number of ketones is 1. The molecule has 0 bridgehead atoms. The maximum absolute atomic E-state index is 12.2. The number of sulfonamides is 1. The van der Waals surface area contributed by atoms with Crippen LogP contribution in [-0.2, 0) is 21.2 Å². The number of hydrogen-bond donors (Lipinski definition) is 2. The normalized spacial score (nSPS) is 12.4. The summed E-state index contributed by atoms with van der Waals surface area (Å²) >= 11 is 0. The number of hydrogen-bond acceptors (Lipinski definition) is 4. The number of benzene rings is 2. The molecule has 2 rings (SSSR count). The largest absolute Gasteiger partial charge is 0.354 e. The summed E-state index contributed by atoms with van der Waals surface area (Å²) in [6, 6.07) is 15.7. The van der Waals surface area contributed by atoms with Gasteiger partial charge in [-0.1, -0.05) is 42.5 Å². The second-order valence-corrected chi connectivity index (χ2v) is 8.49. The number of amides is 1. The van der Waals surface area contributed by atoms with Crippen LogP contribution < -0.4 is 10.0 Å². The van der Waals surface area contributed by atoms with Gasteiger partial charge in [-0.25, -0.2) is 13.1 Å². The van der Waals surface area contributed by atoms with Crippen LogP contribution in [0.15, 0.2) is 59.5 Å². The fourth-order valence-corrected chi connectivity index (χ4v) is 3.73. The van der Waals surface area contributed by atoms with E-state index in [-0.39, 0.29) is 35.6 Å². The first-order valence-electron chi connectivity index (χ1n) is 9.22. The summed E-state index contributed by atoms with van der Waals surface area (Å²) in [5.41, 5.74) is 1.66. The molecule has 0 saturated carbocycles. The predicted octanol–water partition coefficient (Wildman–Crippen LogP) is 2.70. The van der Waals surface area contributed by atoms with E-state index in [2.05, 4.69) is 10.0 Å². The summed E-state index contributed by atoms with van der Waals surface area (Å²) < 4.78 is 26.9. The molecular formula is C21H26N2O4S. The molecule has 0 saturated heterocycles. The van der Waals surface area contributed by atoms with Crippen LogP contribution in [0.3, 0.4) is 0 Å². The van der Waals surface area contributed by atoms with Crippen LogP contribution in [-0.4, -0.2) is 32.7 Å². The van der Waals surface area contributed by atoms with Gasteiger partial charge in [0, 0.05) is 24.6 Å². The van der Waals surface area contributed by atoms with E-state index in [0.717, 1.165) is 12.8 Å². The van der Waals surface area contributed by atoms with Crippen LogP contribution in [0.1, 0.15) is 42.6 Å². The highest BCUT2D eigenvalue weighted by Crippen LogP contribution is 2.11. The highest BCUT2D eigenvalue weighted by molar-refractivity contribution is 7.89. The van der Waals surface area contributed by atoms with E-state index < -0.39 is 10.0 Å². The molecule has 0 heterocycles. The summed E-state index contributed by atoms with van der Waals surface area (Å²) in [6.45, 7) is 3.36. The molecule has 1 atom stereocenters. The highest BCUT2D eigenvalue weighted by Gasteiger charge is 2.15. The number of rotatable bonds is 10. The topological polar surface area (TPSA) is 92.3 Å². The molecule has 0 spiro atoms. The van der Waals surface area contributed by atoms with Crippen LogP contribution in [0.5, 0.6) is 0 Å². The Labute approximate surface area is 166 Å². The molecule has 1 unspecified atom stereocenters. The molecule has 0 fully saturated rings. The molecular weight excluding hydrogens is 376 g/mol. The van der Waals surface area contributed by atoms with Crippen molar-refractivity contribution < 1.29 is 18.0 Å². The minimum Gasteiger partial charge on any atom is -0.354 e. The van der Waals surface area contributed by atoms with Gasteiger partial charge in [0.15, 0.2) is 5.78 Å². The second kappa shape index (κ2) is 10.1. The molecule has 0 aliphatic rings. The SMILES string of the molecule is CC(=O)c1ccc(S(=O)(=O)NCCC(=O)NC(C)CCc2ccccc2)cc1. The van der Waals surface area contributed by atoms with E-state index in [9.17, 15) is 18.0 Å². The molecule has 2 aromatic rings. The predicted molar refractivity (Wildman–Crippen MR) is 109 cm³/mol. The third-order valence-corrected chi connectivity index (χ3v) is 5.81. The van der Waals surface area contributed by atoms with Crippen LogP contribution in [0.4, 0.5) is 0 Å². The Kier molecular flexibility index (Phi) is 7.90. The highest BCUT2D eigenvalue weighted by atomic mass is 32.2. The van der Waals surface area contributed by atoms with Gasteiger partial charge in [-0.15, -0.1) is 0 Å². The van der Waals surface area contributed by atoms with Gasteiger partial charge in [0.05, 0.1) is 4.90 Å². The molecule has 0 aliphatic heterocycles. The average molecular weight is 403 g/mol. The maximum Gasteiger partial charge on any atom is 0.240 e. The first-order chi connectivity index (χ1) is 13.3. The van der Waals surface area contributed by atoms with Gasteiger partial charge in [0.25, 0.3) is 0 Å². The van der Waals surface area contributed by atoms with Crippen molar-refractivity contribution >= 4 is 21.7 Å². The minimum atomic E-state index is -3.71. The third kappa shape index (κ3) is 6.90. The monoisotopic (exact) mass is 402 g/mol. The zero-order chi connectivity index (χ0) is 20.6. The number of Topliss-reactive ketones (excluding diaryl/α,β-unsaturated/α-hetero) is 1. The summed E-state index contributed by atoms with van der Waals surface area (Å²) in [5, 5.41) is 2.88. The first-order valence-corrected chi connectivity index (χ1v) is 10.7. The van der Waals surface area contributed by atoms with Crippen LogP contribution >= 0.6 is 0 Å². The standard InChI is InChI=1S/C21H26N2O4S/c1-16(8-9-18-6-4-3-5-7-18)23-21(25)14-15-22-28(26,27)20-12-10-19(11-13-20)17(2)24/h3-7,10-13,16,22H,8-9,14-15H2,1-2H3,(H,23,25). The number of carbonyl (C=O) groups excluding carboxylic acids is 2. The average Bonchev–Trinajstić information content (AvgIpc) is 2.67. The zero-order valence-electron chi connectivity index (χ0n) is 16.1. The molecule has 28 heavy (non-hydrogen) atoms. The van der Waals surface area contributed by atoms with Crippen molar-refractivity contribution in [1.82, 2.24) is 10.0 Å². The molecule has 0 aromatic heterocycles. The van der Waals surface area contributed by atoms with E-state index in [1.807, 2.05) is 37.3 Å². The van der Waals surface area contributed by atoms with E-state index in [4.69, 9.17) is 0 Å². The van der Waals surface area contributed by atoms with Crippen LogP contribution in [0.2, 0.25) is 0 Å². The van der Waals surface area contributed by atoms with Crippen molar-refractivity contribution in [2.75, 3.05) is 6.54 Å². The van der Waals surface area contributed by atoms with Gasteiger partial charge in [-0.05, 0) is 44.4 Å². The van der Waals surface area contributed by atoms with Gasteiger partial charge in [-0.3, -0.25) is 9.59 Å². The lowest BCUT2D eigenvalue weighted by molar-refractivity contribution is -0.121. The molecule has 2 N–H and O–H groups in total. The molecule has 1 amide bonds. The van der Waals surface area contributed by atoms with Gasteiger partial charge in [0.1, 0.15) is 0 Å². The van der Waals surface area contributed by atoms with E-state index in [0.29, 0.717) is 5.56 Å². The fraction of sp³-hybridized carbons (Fsp3) is 0.333. The number of carbonyl (C=O) groups is 2. The first kappa shape index (κ1) is 21.8. The van der Waals surface area contributed by atoms with E-state index in [1.165, 1.54) is 36.8 Å². The lowest BCUT2D eigenvalue weighted by Crippen LogP contribution is -2.35. The van der Waals surface area contributed by atoms with E-state index in [1.54, 1.807) is 0 Å². The molecule has 7 heteroatoms. The van der Waals surface area contributed by atoms with Gasteiger partial charge in [0.2, 0.25) is 15.9 Å². The Hall–Kier alpha value is -2.51. The Balaban J connectivity index is 1.75. The Morgan fingerprint density at radius 1 is 1.00 bits per heavy atom. The van der Waals surface area contributed by atoms with Crippen molar-refractivity contribution in [2.24, 2.45) is 0 Å². The third-order valence-electron chi connectivity index (χ3n) is 4.33. The summed E-state index contributed by atoms with van der Waals surface area (Å²) in [6.07, 6.45) is 1.73. The molecule has 150 valence electrons. The molecule has 0 radical (unpaired) electrons. The number of nitrogens with one attached hydrogen (secondary N) is 2. The zero-order valence-corrected chi connectivity index (χ0v) is 17.0. The Morgan fingerprint density at radius 2 is 1.64 bits per heavy atom. The summed E-state index contributed by atoms with van der Waals surface area (Å²) in [7, 11) is -3.71. The van der Waals surface area contributed by atoms with Crippen molar-refractivity contribution in [3.8, 4) is 0 Å². The Morgan fingerprint density at radius 3 is 2.25 bits per heavy atom. The molecule has 2 aromatic carbocycles. The molecule has 6 nitrogen and oxygen atoms in total. The van der Waals surface area contributed by atoms with Crippen molar-refractivity contribution in [1.29, 1.82) is 0 Å². The lowest BCUT2D eigenvalue weighted by Gasteiger charge is -2.14. The van der Waals surface area contributed by atoms with Gasteiger partial charge in [-0.2, -0.15) is 0 Å². The summed E-state index contributed by atoms with van der Waals surface area (Å²) in [5.74, 6) is -0.329. The van der Waals surface area contributed by atoms with Crippen molar-refractivity contribution in [2.45, 2.75) is 44.0 Å². The van der Waals surface area contributed by atoms with Crippen molar-refractivity contribution in [3.63, 3.8) is 0 Å².